The van der Waals surface area contributed by atoms with Gasteiger partial charge in [-0.15, -0.1) is 0 Å². The van der Waals surface area contributed by atoms with Crippen molar-refractivity contribution < 1.29 is 23.0 Å². The van der Waals surface area contributed by atoms with Crippen molar-refractivity contribution in [2.45, 2.75) is 63.7 Å². The molecule has 220 valence electrons. The maximum atomic E-state index is 16.5. The Kier molecular flexibility index (Phi) is 6.81. The molecule has 0 radical (unpaired) electrons. The number of anilines is 1. The van der Waals surface area contributed by atoms with E-state index in [9.17, 15) is 9.50 Å². The number of piperazine rings is 1. The third-order valence-electron chi connectivity index (χ3n) is 8.90. The van der Waals surface area contributed by atoms with E-state index in [0.29, 0.717) is 49.0 Å². The van der Waals surface area contributed by atoms with Gasteiger partial charge in [0.15, 0.2) is 17.5 Å². The van der Waals surface area contributed by atoms with E-state index in [4.69, 9.17) is 9.72 Å². The average Bonchev–Trinajstić information content (AvgIpc) is 3.59. The van der Waals surface area contributed by atoms with Gasteiger partial charge in [0.1, 0.15) is 29.4 Å². The maximum Gasteiger partial charge on any atom is 0.319 e. The molecule has 11 heteroatoms. The molecule has 3 aliphatic heterocycles. The van der Waals surface area contributed by atoms with E-state index >= 15 is 8.78 Å². The topological polar surface area (TPSA) is 86.6 Å². The number of ether oxygens (including phenoxy) is 1. The average molecular weight is 579 g/mol. The fourth-order valence-corrected chi connectivity index (χ4v) is 6.94. The van der Waals surface area contributed by atoms with Crippen LogP contribution in [0.1, 0.15) is 39.5 Å². The van der Waals surface area contributed by atoms with Gasteiger partial charge in [0.25, 0.3) is 0 Å². The second-order valence-electron chi connectivity index (χ2n) is 11.9. The van der Waals surface area contributed by atoms with Crippen molar-refractivity contribution in [1.82, 2.24) is 25.2 Å². The van der Waals surface area contributed by atoms with E-state index in [1.165, 1.54) is 24.4 Å². The molecular weight excluding hydrogens is 545 g/mol. The molecule has 3 saturated heterocycles. The summed E-state index contributed by atoms with van der Waals surface area (Å²) in [4.78, 5) is 18.2. The second kappa shape index (κ2) is 10.5. The molecule has 3 fully saturated rings. The summed E-state index contributed by atoms with van der Waals surface area (Å²) in [5.41, 5.74) is -0.334. The molecule has 2 bridgehead atoms. The Bertz CT molecular complexity index is 1670. The number of benzene rings is 2. The van der Waals surface area contributed by atoms with Crippen molar-refractivity contribution >= 4 is 27.5 Å². The monoisotopic (exact) mass is 578 g/mol. The summed E-state index contributed by atoms with van der Waals surface area (Å²) in [5.74, 6) is -2.72. The zero-order valence-corrected chi connectivity index (χ0v) is 23.6. The summed E-state index contributed by atoms with van der Waals surface area (Å²) in [6.45, 7) is 7.10. The summed E-state index contributed by atoms with van der Waals surface area (Å²) in [7, 11) is 0. The molecule has 0 saturated carbocycles. The molecule has 2 aromatic heterocycles. The Balaban J connectivity index is 1.36. The highest BCUT2D eigenvalue weighted by Gasteiger charge is 2.35. The van der Waals surface area contributed by atoms with Gasteiger partial charge < -0.3 is 20.1 Å². The standard InChI is InChI=1S/C31H33F3N6O2/c1-16(2)40-9-3-4-20(40)15-42-31-37-29-23(30(38-31)39-13-18-6-7-19(14-39)36-18)12-35-28(27(29)34)22-11-21(41)10-17-5-8-24(32)26(33)25(17)22/h5,8,10-12,16,18-20,36,41H,3-4,6-7,9,13-15H2,1-2H3/t18?,19?,20-/m0/s1. The van der Waals surface area contributed by atoms with E-state index in [1.807, 2.05) is 0 Å². The van der Waals surface area contributed by atoms with Crippen molar-refractivity contribution in [2.24, 2.45) is 0 Å². The van der Waals surface area contributed by atoms with Crippen LogP contribution in [-0.2, 0) is 0 Å². The van der Waals surface area contributed by atoms with E-state index in [1.54, 1.807) is 0 Å². The summed E-state index contributed by atoms with van der Waals surface area (Å²) in [6, 6.07) is 6.06. The second-order valence-corrected chi connectivity index (χ2v) is 11.9. The highest BCUT2D eigenvalue weighted by atomic mass is 19.2. The van der Waals surface area contributed by atoms with E-state index < -0.39 is 17.5 Å². The molecule has 8 nitrogen and oxygen atoms in total. The van der Waals surface area contributed by atoms with Crippen LogP contribution in [0.15, 0.2) is 30.5 Å². The molecule has 3 aliphatic rings. The van der Waals surface area contributed by atoms with Crippen LogP contribution >= 0.6 is 0 Å². The molecule has 2 unspecified atom stereocenters. The first kappa shape index (κ1) is 27.2. The number of rotatable bonds is 6. The lowest BCUT2D eigenvalue weighted by Gasteiger charge is -2.34. The van der Waals surface area contributed by atoms with Crippen LogP contribution in [0, 0.1) is 17.5 Å². The molecule has 0 spiro atoms. The van der Waals surface area contributed by atoms with Crippen LogP contribution in [0.25, 0.3) is 32.9 Å². The Morgan fingerprint density at radius 3 is 2.60 bits per heavy atom. The Morgan fingerprint density at radius 1 is 1.05 bits per heavy atom. The van der Waals surface area contributed by atoms with Gasteiger partial charge in [-0.1, -0.05) is 6.07 Å². The first-order valence-electron chi connectivity index (χ1n) is 14.6. The van der Waals surface area contributed by atoms with Crippen molar-refractivity contribution in [1.29, 1.82) is 0 Å². The lowest BCUT2D eigenvalue weighted by molar-refractivity contribution is 0.138. The van der Waals surface area contributed by atoms with Gasteiger partial charge in [0.2, 0.25) is 0 Å². The summed E-state index contributed by atoms with van der Waals surface area (Å²) < 4.78 is 52.0. The van der Waals surface area contributed by atoms with Crippen LogP contribution in [0.2, 0.25) is 0 Å². The number of aromatic hydroxyl groups is 1. The van der Waals surface area contributed by atoms with Crippen LogP contribution < -0.4 is 15.0 Å². The van der Waals surface area contributed by atoms with Gasteiger partial charge >= 0.3 is 6.01 Å². The molecule has 42 heavy (non-hydrogen) atoms. The fourth-order valence-electron chi connectivity index (χ4n) is 6.94. The largest absolute Gasteiger partial charge is 0.508 e. The minimum atomic E-state index is -1.14. The van der Waals surface area contributed by atoms with Crippen molar-refractivity contribution in [2.75, 3.05) is 31.1 Å². The van der Waals surface area contributed by atoms with Crippen LogP contribution in [0.5, 0.6) is 11.8 Å². The minimum absolute atomic E-state index is 0.0219. The number of nitrogens with one attached hydrogen (secondary N) is 1. The lowest BCUT2D eigenvalue weighted by atomic mass is 9.99. The summed E-state index contributed by atoms with van der Waals surface area (Å²) >= 11 is 0. The number of phenols is 1. The molecule has 7 rings (SSSR count). The van der Waals surface area contributed by atoms with Crippen molar-refractivity contribution in [3.63, 3.8) is 0 Å². The minimum Gasteiger partial charge on any atom is -0.508 e. The van der Waals surface area contributed by atoms with Crippen molar-refractivity contribution in [3.8, 4) is 23.0 Å². The Morgan fingerprint density at radius 2 is 1.83 bits per heavy atom. The van der Waals surface area contributed by atoms with Gasteiger partial charge in [-0.05, 0) is 69.7 Å². The predicted molar refractivity (Wildman–Crippen MR) is 154 cm³/mol. The lowest BCUT2D eigenvalue weighted by Crippen LogP contribution is -2.51. The fraction of sp³-hybridized carbons (Fsp3) is 0.452. The van der Waals surface area contributed by atoms with Crippen molar-refractivity contribution in [3.05, 3.63) is 47.9 Å². The smallest absolute Gasteiger partial charge is 0.319 e. The highest BCUT2D eigenvalue weighted by molar-refractivity contribution is 6.00. The number of halogens is 3. The number of likely N-dealkylation sites (tertiary alicyclic amines) is 1. The number of fused-ring (bicyclic) bond motifs is 4. The zero-order chi connectivity index (χ0) is 29.1. The molecule has 0 amide bonds. The highest BCUT2D eigenvalue weighted by Crippen LogP contribution is 2.39. The number of aromatic nitrogens is 3. The molecule has 2 aromatic carbocycles. The molecular formula is C31H33F3N6O2. The van der Waals surface area contributed by atoms with Crippen LogP contribution in [0.3, 0.4) is 0 Å². The summed E-state index contributed by atoms with van der Waals surface area (Å²) in [6.07, 6.45) is 5.67. The number of pyridine rings is 1. The molecule has 5 heterocycles. The number of hydrogen-bond acceptors (Lipinski definition) is 8. The third kappa shape index (κ3) is 4.68. The first-order chi connectivity index (χ1) is 20.3. The quantitative estimate of drug-likeness (QED) is 0.325. The molecule has 2 N–H and O–H groups in total. The number of phenolic OH excluding ortho intramolecular Hbond substituents is 1. The summed E-state index contributed by atoms with van der Waals surface area (Å²) in [5, 5.41) is 14.4. The predicted octanol–water partition coefficient (Wildman–Crippen LogP) is 5.16. The zero-order valence-electron chi connectivity index (χ0n) is 23.6. The van der Waals surface area contributed by atoms with E-state index in [-0.39, 0.29) is 45.3 Å². The number of hydrogen-bond donors (Lipinski definition) is 2. The SMILES string of the molecule is CC(C)N1CCC[C@H]1COc1nc(N2CC3CCC(C2)N3)c2cnc(-c3cc(O)cc4ccc(F)c(F)c34)c(F)c2n1. The first-order valence-corrected chi connectivity index (χ1v) is 14.6. The molecule has 3 atom stereocenters. The Hall–Kier alpha value is -3.70. The van der Waals surface area contributed by atoms with Gasteiger partial charge in [-0.2, -0.15) is 9.97 Å². The van der Waals surface area contributed by atoms with Gasteiger partial charge in [-0.3, -0.25) is 9.88 Å². The number of nitrogens with zero attached hydrogens (tertiary/aromatic N) is 5. The van der Waals surface area contributed by atoms with E-state index in [2.05, 4.69) is 38.9 Å². The van der Waals surface area contributed by atoms with Gasteiger partial charge in [0.05, 0.1) is 5.39 Å². The molecule has 0 aliphatic carbocycles. The maximum absolute atomic E-state index is 16.5. The van der Waals surface area contributed by atoms with Crippen LogP contribution in [0.4, 0.5) is 19.0 Å². The van der Waals surface area contributed by atoms with Crippen LogP contribution in [-0.4, -0.2) is 75.4 Å². The Labute approximate surface area is 241 Å². The normalized spacial score (nSPS) is 22.6. The van der Waals surface area contributed by atoms with Gasteiger partial charge in [-0.25, -0.2) is 13.2 Å². The molecule has 4 aromatic rings. The van der Waals surface area contributed by atoms with E-state index in [0.717, 1.165) is 38.3 Å². The van der Waals surface area contributed by atoms with Gasteiger partial charge in [0, 0.05) is 54.4 Å². The third-order valence-corrected chi connectivity index (χ3v) is 8.90.